The van der Waals surface area contributed by atoms with Crippen LogP contribution in [0.4, 0.5) is 10.1 Å². The summed E-state index contributed by atoms with van der Waals surface area (Å²) in [6, 6.07) is 17.8. The van der Waals surface area contributed by atoms with Crippen LogP contribution < -0.4 is 5.32 Å². The molecule has 0 bridgehead atoms. The monoisotopic (exact) mass is 479 g/mol. The van der Waals surface area contributed by atoms with Crippen molar-refractivity contribution in [1.82, 2.24) is 20.2 Å². The molecule has 0 aliphatic heterocycles. The summed E-state index contributed by atoms with van der Waals surface area (Å²) in [5, 5.41) is 13.6. The molecule has 3 heterocycles. The zero-order valence-corrected chi connectivity index (χ0v) is 18.8. The highest BCUT2D eigenvalue weighted by Crippen LogP contribution is 2.37. The highest BCUT2D eigenvalue weighted by Gasteiger charge is 2.15. The van der Waals surface area contributed by atoms with Gasteiger partial charge < -0.3 is 5.32 Å². The van der Waals surface area contributed by atoms with Crippen LogP contribution in [-0.4, -0.2) is 26.1 Å². The van der Waals surface area contributed by atoms with E-state index in [2.05, 4.69) is 43.7 Å². The van der Waals surface area contributed by atoms with Crippen molar-refractivity contribution in [2.45, 2.75) is 10.8 Å². The number of aromatic nitrogens is 4. The summed E-state index contributed by atoms with van der Waals surface area (Å²) in [5.74, 6) is -0.205. The van der Waals surface area contributed by atoms with Crippen molar-refractivity contribution in [3.05, 3.63) is 82.8 Å². The maximum absolute atomic E-state index is 13.0. The second-order valence-electron chi connectivity index (χ2n) is 6.62. The Balaban J connectivity index is 1.29. The lowest BCUT2D eigenvalue weighted by Crippen LogP contribution is -2.11. The molecule has 10 heteroatoms. The molecule has 5 aromatic rings. The quantitative estimate of drug-likeness (QED) is 0.241. The van der Waals surface area contributed by atoms with Crippen LogP contribution in [0.25, 0.3) is 20.7 Å². The normalized spacial score (nSPS) is 11.0. The number of carbonyl (C=O) groups excluding carboxylic acids is 1. The first kappa shape index (κ1) is 20.7. The number of nitrogens with zero attached hydrogens (tertiary/aromatic N) is 4. The molecule has 3 aromatic heterocycles. The standard InChI is InChI=1S/C22H14FN5OS3/c23-14-6-8-15(9-7-14)26-19(29)22-28-27-18(32-22)11-30-20-16-10-17(13-4-2-1-3-5-13)31-21(16)25-12-24-20/h1-10,12H,11H2,(H,26,29). The molecule has 0 radical (unpaired) electrons. The third kappa shape index (κ3) is 4.52. The lowest BCUT2D eigenvalue weighted by atomic mass is 10.2. The van der Waals surface area contributed by atoms with Gasteiger partial charge in [-0.3, -0.25) is 4.79 Å². The number of benzene rings is 2. The molecule has 6 nitrogen and oxygen atoms in total. The number of anilines is 1. The molecule has 1 amide bonds. The largest absolute Gasteiger partial charge is 0.320 e. The van der Waals surface area contributed by atoms with Crippen molar-refractivity contribution in [2.24, 2.45) is 0 Å². The highest BCUT2D eigenvalue weighted by molar-refractivity contribution is 7.98. The summed E-state index contributed by atoms with van der Waals surface area (Å²) < 4.78 is 13.0. The Morgan fingerprint density at radius 2 is 1.81 bits per heavy atom. The summed E-state index contributed by atoms with van der Waals surface area (Å²) in [4.78, 5) is 23.3. The molecular formula is C22H14FN5OS3. The lowest BCUT2D eigenvalue weighted by molar-refractivity contribution is 0.102. The minimum absolute atomic E-state index is 0.250. The molecule has 0 spiro atoms. The van der Waals surface area contributed by atoms with Gasteiger partial charge in [-0.25, -0.2) is 14.4 Å². The number of nitrogens with one attached hydrogen (secondary N) is 1. The fourth-order valence-corrected chi connectivity index (χ4v) is 5.71. The second-order valence-corrected chi connectivity index (χ2v) is 9.68. The lowest BCUT2D eigenvalue weighted by Gasteiger charge is -2.01. The Morgan fingerprint density at radius 1 is 1.00 bits per heavy atom. The Labute approximate surface area is 194 Å². The number of carbonyl (C=O) groups is 1. The van der Waals surface area contributed by atoms with Crippen LogP contribution >= 0.6 is 34.4 Å². The van der Waals surface area contributed by atoms with Gasteiger partial charge in [-0.2, -0.15) is 0 Å². The van der Waals surface area contributed by atoms with Gasteiger partial charge in [0.05, 0.1) is 5.75 Å². The number of thioether (sulfide) groups is 1. The topological polar surface area (TPSA) is 80.7 Å². The van der Waals surface area contributed by atoms with Crippen molar-refractivity contribution >= 4 is 56.2 Å². The van der Waals surface area contributed by atoms with E-state index in [0.717, 1.165) is 25.7 Å². The molecule has 1 N–H and O–H groups in total. The van der Waals surface area contributed by atoms with Crippen molar-refractivity contribution in [3.63, 3.8) is 0 Å². The molecule has 0 unspecified atom stereocenters. The second kappa shape index (κ2) is 9.11. The van der Waals surface area contributed by atoms with Gasteiger partial charge in [0.15, 0.2) is 0 Å². The zero-order valence-electron chi connectivity index (χ0n) is 16.4. The molecule has 158 valence electrons. The molecule has 32 heavy (non-hydrogen) atoms. The van der Waals surface area contributed by atoms with Crippen LogP contribution in [0.2, 0.25) is 0 Å². The van der Waals surface area contributed by atoms with Gasteiger partial charge in [0, 0.05) is 16.0 Å². The Bertz CT molecular complexity index is 1390. The summed E-state index contributed by atoms with van der Waals surface area (Å²) in [7, 11) is 0. The van der Waals surface area contributed by atoms with Crippen LogP contribution in [-0.2, 0) is 5.75 Å². The predicted octanol–water partition coefficient (Wildman–Crippen LogP) is 5.89. The number of thiophene rings is 1. The first-order valence-corrected chi connectivity index (χ1v) is 12.1. The van der Waals surface area contributed by atoms with Crippen LogP contribution in [0.15, 0.2) is 72.0 Å². The molecular weight excluding hydrogens is 465 g/mol. The number of hydrogen-bond donors (Lipinski definition) is 1. The Kier molecular flexibility index (Phi) is 5.89. The molecule has 0 saturated heterocycles. The number of halogens is 1. The van der Waals surface area contributed by atoms with Crippen LogP contribution in [0.1, 0.15) is 14.8 Å². The molecule has 0 saturated carbocycles. The molecule has 0 aliphatic carbocycles. The number of hydrogen-bond acceptors (Lipinski definition) is 8. The van der Waals surface area contributed by atoms with E-state index in [9.17, 15) is 9.18 Å². The van der Waals surface area contributed by atoms with E-state index in [1.807, 2.05) is 18.2 Å². The van der Waals surface area contributed by atoms with Gasteiger partial charge >= 0.3 is 0 Å². The third-order valence-electron chi connectivity index (χ3n) is 4.45. The predicted molar refractivity (Wildman–Crippen MR) is 127 cm³/mol. The highest BCUT2D eigenvalue weighted by atomic mass is 32.2. The SMILES string of the molecule is O=C(Nc1ccc(F)cc1)c1nnc(CSc2ncnc3sc(-c4ccccc4)cc23)s1. The molecule has 2 aromatic carbocycles. The molecule has 0 fully saturated rings. The summed E-state index contributed by atoms with van der Waals surface area (Å²) in [5.41, 5.74) is 1.64. The van der Waals surface area contributed by atoms with Gasteiger partial charge in [-0.15, -0.1) is 21.5 Å². The average Bonchev–Trinajstić information content (AvgIpc) is 3.47. The van der Waals surface area contributed by atoms with Crippen LogP contribution in [0, 0.1) is 5.82 Å². The van der Waals surface area contributed by atoms with Crippen molar-refractivity contribution in [3.8, 4) is 10.4 Å². The number of amides is 1. The summed E-state index contributed by atoms with van der Waals surface area (Å²) >= 11 is 4.38. The first-order valence-electron chi connectivity index (χ1n) is 9.48. The van der Waals surface area contributed by atoms with E-state index in [1.54, 1.807) is 17.7 Å². The maximum Gasteiger partial charge on any atom is 0.286 e. The average molecular weight is 480 g/mol. The van der Waals surface area contributed by atoms with Crippen LogP contribution in [0.3, 0.4) is 0 Å². The minimum Gasteiger partial charge on any atom is -0.320 e. The Morgan fingerprint density at radius 3 is 2.62 bits per heavy atom. The van der Waals surface area contributed by atoms with Gasteiger partial charge in [-0.1, -0.05) is 53.4 Å². The fourth-order valence-electron chi connectivity index (χ4n) is 2.95. The van der Waals surface area contributed by atoms with E-state index in [0.29, 0.717) is 16.4 Å². The van der Waals surface area contributed by atoms with Gasteiger partial charge in [0.25, 0.3) is 5.91 Å². The van der Waals surface area contributed by atoms with Crippen LogP contribution in [0.5, 0.6) is 0 Å². The maximum atomic E-state index is 13.0. The minimum atomic E-state index is -0.375. The van der Waals surface area contributed by atoms with Crippen molar-refractivity contribution in [2.75, 3.05) is 5.32 Å². The first-order chi connectivity index (χ1) is 15.7. The van der Waals surface area contributed by atoms with E-state index < -0.39 is 0 Å². The summed E-state index contributed by atoms with van der Waals surface area (Å²) in [6.45, 7) is 0. The van der Waals surface area contributed by atoms with Gasteiger partial charge in [0.1, 0.15) is 27.0 Å². The third-order valence-corrected chi connectivity index (χ3v) is 7.66. The fraction of sp³-hybridized carbons (Fsp3) is 0.0455. The Hall–Kier alpha value is -3.21. The molecule has 0 aliphatic rings. The van der Waals surface area contributed by atoms with E-state index >= 15 is 0 Å². The van der Waals surface area contributed by atoms with E-state index in [1.165, 1.54) is 47.4 Å². The number of fused-ring (bicyclic) bond motifs is 1. The van der Waals surface area contributed by atoms with E-state index in [-0.39, 0.29) is 16.7 Å². The van der Waals surface area contributed by atoms with Gasteiger partial charge in [0.2, 0.25) is 5.01 Å². The summed E-state index contributed by atoms with van der Waals surface area (Å²) in [6.07, 6.45) is 1.57. The van der Waals surface area contributed by atoms with Crippen molar-refractivity contribution in [1.29, 1.82) is 0 Å². The smallest absolute Gasteiger partial charge is 0.286 e. The number of rotatable bonds is 6. The van der Waals surface area contributed by atoms with E-state index in [4.69, 9.17) is 0 Å². The zero-order chi connectivity index (χ0) is 21.9. The molecule has 5 rings (SSSR count). The molecule has 0 atom stereocenters. The van der Waals surface area contributed by atoms with Gasteiger partial charge in [-0.05, 0) is 35.9 Å². The van der Waals surface area contributed by atoms with Crippen molar-refractivity contribution < 1.29 is 9.18 Å².